The predicted molar refractivity (Wildman–Crippen MR) is 91.1 cm³/mol. The summed E-state index contributed by atoms with van der Waals surface area (Å²) in [6.45, 7) is -0.0795. The fourth-order valence-corrected chi connectivity index (χ4v) is 3.53. The smallest absolute Gasteiger partial charge is 0.341 e. The number of hydrogen-bond acceptors (Lipinski definition) is 3. The minimum Gasteiger partial charge on any atom is -0.341 e. The van der Waals surface area contributed by atoms with Gasteiger partial charge in [0.25, 0.3) is 0 Å². The topological polar surface area (TPSA) is 52.0 Å². The molecule has 0 bridgehead atoms. The molecule has 0 N–H and O–H groups in total. The van der Waals surface area contributed by atoms with E-state index in [2.05, 4.69) is 20.9 Å². The molecule has 0 saturated carbocycles. The van der Waals surface area contributed by atoms with Crippen molar-refractivity contribution in [2.75, 3.05) is 6.26 Å². The van der Waals surface area contributed by atoms with Gasteiger partial charge in [0.2, 0.25) is 0 Å². The third kappa shape index (κ3) is 3.72. The van der Waals surface area contributed by atoms with Crippen LogP contribution >= 0.6 is 15.9 Å². The number of sulfone groups is 1. The van der Waals surface area contributed by atoms with Crippen LogP contribution in [0.1, 0.15) is 11.3 Å². The maximum Gasteiger partial charge on any atom is 0.418 e. The Morgan fingerprint density at radius 1 is 1.20 bits per heavy atom. The van der Waals surface area contributed by atoms with Crippen LogP contribution in [0.2, 0.25) is 0 Å². The molecule has 0 aliphatic carbocycles. The molecule has 25 heavy (non-hydrogen) atoms. The minimum atomic E-state index is -4.52. The van der Waals surface area contributed by atoms with Crippen molar-refractivity contribution in [1.29, 1.82) is 0 Å². The first-order chi connectivity index (χ1) is 11.6. The molecule has 0 fully saturated rings. The van der Waals surface area contributed by atoms with E-state index in [1.165, 1.54) is 18.3 Å². The molecule has 4 nitrogen and oxygen atoms in total. The second kappa shape index (κ2) is 6.14. The molecule has 2 aromatic heterocycles. The highest BCUT2D eigenvalue weighted by atomic mass is 79.9. The Morgan fingerprint density at radius 3 is 2.56 bits per heavy atom. The van der Waals surface area contributed by atoms with Crippen LogP contribution in [0, 0.1) is 0 Å². The number of alkyl halides is 3. The summed E-state index contributed by atoms with van der Waals surface area (Å²) < 4.78 is 64.7. The van der Waals surface area contributed by atoms with Crippen LogP contribution in [0.15, 0.2) is 52.1 Å². The summed E-state index contributed by atoms with van der Waals surface area (Å²) in [5.41, 5.74) is -0.290. The molecule has 0 saturated heterocycles. The first kappa shape index (κ1) is 17.9. The summed E-state index contributed by atoms with van der Waals surface area (Å²) in [4.78, 5) is 4.06. The summed E-state index contributed by atoms with van der Waals surface area (Å²) in [5, 5.41) is 0.633. The standard InChI is InChI=1S/C16H12BrF3N2O2S/c1-25(23,24)12-2-3-15-10(6-12)4-5-22(15)9-14-13(16(18,19)20)7-11(17)8-21-14/h2-8H,9H2,1H3. The van der Waals surface area contributed by atoms with Crippen molar-refractivity contribution >= 4 is 36.7 Å². The van der Waals surface area contributed by atoms with E-state index in [0.29, 0.717) is 10.9 Å². The van der Waals surface area contributed by atoms with Gasteiger partial charge in [0.1, 0.15) is 0 Å². The molecule has 0 unspecified atom stereocenters. The molecule has 1 aromatic carbocycles. The highest BCUT2D eigenvalue weighted by Gasteiger charge is 2.34. The third-order valence-corrected chi connectivity index (χ3v) is 5.28. The maximum atomic E-state index is 13.2. The van der Waals surface area contributed by atoms with Gasteiger partial charge in [-0.2, -0.15) is 13.2 Å². The van der Waals surface area contributed by atoms with Gasteiger partial charge >= 0.3 is 6.18 Å². The summed E-state index contributed by atoms with van der Waals surface area (Å²) in [6, 6.07) is 7.18. The van der Waals surface area contributed by atoms with E-state index < -0.39 is 21.6 Å². The molecule has 0 atom stereocenters. The Bertz CT molecular complexity index is 1060. The number of nitrogens with zero attached hydrogens (tertiary/aromatic N) is 2. The zero-order chi connectivity index (χ0) is 18.4. The Balaban J connectivity index is 2.05. The molecule has 0 aliphatic rings. The summed E-state index contributed by atoms with van der Waals surface area (Å²) in [6.07, 6.45) is -0.482. The fraction of sp³-hybridized carbons (Fsp3) is 0.188. The molecule has 0 aliphatic heterocycles. The molecule has 3 rings (SSSR count). The second-order valence-corrected chi connectivity index (χ2v) is 8.51. The van der Waals surface area contributed by atoms with Crippen LogP contribution in [0.25, 0.3) is 10.9 Å². The normalized spacial score (nSPS) is 12.7. The van der Waals surface area contributed by atoms with Crippen LogP contribution in [-0.4, -0.2) is 24.2 Å². The number of rotatable bonds is 3. The van der Waals surface area contributed by atoms with Crippen molar-refractivity contribution in [3.05, 3.63) is 58.5 Å². The van der Waals surface area contributed by atoms with E-state index in [-0.39, 0.29) is 21.6 Å². The Morgan fingerprint density at radius 2 is 1.92 bits per heavy atom. The van der Waals surface area contributed by atoms with E-state index in [4.69, 9.17) is 0 Å². The minimum absolute atomic E-state index is 0.0795. The van der Waals surface area contributed by atoms with Crippen LogP contribution in [0.4, 0.5) is 13.2 Å². The van der Waals surface area contributed by atoms with E-state index in [9.17, 15) is 21.6 Å². The van der Waals surface area contributed by atoms with Crippen molar-refractivity contribution in [3.63, 3.8) is 0 Å². The van der Waals surface area contributed by atoms with E-state index >= 15 is 0 Å². The Labute approximate surface area is 150 Å². The van der Waals surface area contributed by atoms with Gasteiger partial charge in [-0.05, 0) is 46.3 Å². The summed E-state index contributed by atoms with van der Waals surface area (Å²) in [5.74, 6) is 0. The number of aromatic nitrogens is 2. The van der Waals surface area contributed by atoms with Crippen LogP contribution in [-0.2, 0) is 22.6 Å². The first-order valence-electron chi connectivity index (χ1n) is 7.06. The SMILES string of the molecule is CS(=O)(=O)c1ccc2c(ccn2Cc2ncc(Br)cc2C(F)(F)F)c1. The fourth-order valence-electron chi connectivity index (χ4n) is 2.55. The lowest BCUT2D eigenvalue weighted by Gasteiger charge is -2.13. The zero-order valence-corrected chi connectivity index (χ0v) is 15.3. The first-order valence-corrected chi connectivity index (χ1v) is 9.75. The molecular formula is C16H12BrF3N2O2S. The highest BCUT2D eigenvalue weighted by Crippen LogP contribution is 2.33. The number of fused-ring (bicyclic) bond motifs is 1. The maximum absolute atomic E-state index is 13.2. The van der Waals surface area contributed by atoms with E-state index in [0.717, 1.165) is 12.3 Å². The van der Waals surface area contributed by atoms with Gasteiger partial charge in [-0.3, -0.25) is 4.98 Å². The van der Waals surface area contributed by atoms with Gasteiger partial charge in [0, 0.05) is 34.0 Å². The second-order valence-electron chi connectivity index (χ2n) is 5.58. The largest absolute Gasteiger partial charge is 0.418 e. The molecule has 9 heteroatoms. The van der Waals surface area contributed by atoms with Crippen molar-refractivity contribution in [2.24, 2.45) is 0 Å². The lowest BCUT2D eigenvalue weighted by Crippen LogP contribution is -2.13. The lowest BCUT2D eigenvalue weighted by atomic mass is 10.2. The summed E-state index contributed by atoms with van der Waals surface area (Å²) >= 11 is 3.01. The Hall–Kier alpha value is -1.87. The third-order valence-electron chi connectivity index (χ3n) is 3.73. The van der Waals surface area contributed by atoms with Crippen LogP contribution in [0.5, 0.6) is 0 Å². The van der Waals surface area contributed by atoms with Crippen molar-refractivity contribution in [3.8, 4) is 0 Å². The van der Waals surface area contributed by atoms with Gasteiger partial charge < -0.3 is 4.57 Å². The van der Waals surface area contributed by atoms with Crippen LogP contribution < -0.4 is 0 Å². The monoisotopic (exact) mass is 432 g/mol. The van der Waals surface area contributed by atoms with Gasteiger partial charge in [-0.25, -0.2) is 8.42 Å². The van der Waals surface area contributed by atoms with Gasteiger partial charge in [-0.15, -0.1) is 0 Å². The quantitative estimate of drug-likeness (QED) is 0.620. The van der Waals surface area contributed by atoms with Gasteiger partial charge in [-0.1, -0.05) is 0 Å². The predicted octanol–water partition coefficient (Wildman–Crippen LogP) is 4.27. The molecule has 2 heterocycles. The van der Waals surface area contributed by atoms with E-state index in [1.54, 1.807) is 22.9 Å². The van der Waals surface area contributed by atoms with Crippen molar-refractivity contribution < 1.29 is 21.6 Å². The number of hydrogen-bond donors (Lipinski definition) is 0. The molecule has 0 amide bonds. The number of pyridine rings is 1. The number of halogens is 4. The van der Waals surface area contributed by atoms with Crippen molar-refractivity contribution in [1.82, 2.24) is 9.55 Å². The summed E-state index contributed by atoms with van der Waals surface area (Å²) in [7, 11) is -3.35. The number of benzene rings is 1. The van der Waals surface area contributed by atoms with Gasteiger partial charge in [0.05, 0.1) is 22.7 Å². The lowest BCUT2D eigenvalue weighted by molar-refractivity contribution is -0.138. The van der Waals surface area contributed by atoms with E-state index in [1.807, 2.05) is 0 Å². The average molecular weight is 433 g/mol. The molecule has 0 radical (unpaired) electrons. The van der Waals surface area contributed by atoms with Crippen molar-refractivity contribution in [2.45, 2.75) is 17.6 Å². The molecule has 3 aromatic rings. The highest BCUT2D eigenvalue weighted by molar-refractivity contribution is 9.10. The van der Waals surface area contributed by atoms with Gasteiger partial charge in [0.15, 0.2) is 9.84 Å². The molecular weight excluding hydrogens is 421 g/mol. The molecule has 0 spiro atoms. The van der Waals surface area contributed by atoms with Crippen LogP contribution in [0.3, 0.4) is 0 Å². The Kier molecular flexibility index (Phi) is 4.40. The average Bonchev–Trinajstić information content (AvgIpc) is 2.89. The zero-order valence-electron chi connectivity index (χ0n) is 12.9. The molecule has 132 valence electrons.